The predicted molar refractivity (Wildman–Crippen MR) is 152 cm³/mol. The number of thiol groups is 1. The molecule has 0 radical (unpaired) electrons. The van der Waals surface area contributed by atoms with E-state index < -0.39 is 8.80 Å². The minimum absolute atomic E-state index is 0.938. The number of rotatable bonds is 28. The Morgan fingerprint density at radius 2 is 0.576 bits per heavy atom. The van der Waals surface area contributed by atoms with Crippen LogP contribution < -0.4 is 0 Å². The summed E-state index contributed by atoms with van der Waals surface area (Å²) >= 11 is 4.27. The second-order valence-corrected chi connectivity index (χ2v) is 13.4. The van der Waals surface area contributed by atoms with E-state index in [0.717, 1.165) is 18.2 Å². The monoisotopic (exact) mass is 504 g/mol. The number of hydrogen-bond acceptors (Lipinski definition) is 4. The highest BCUT2D eigenvalue weighted by molar-refractivity contribution is 7.80. The molecule has 3 nitrogen and oxygen atoms in total. The Bertz CT molecular complexity index is 359. The largest absolute Gasteiger partial charge is 0.500 e. The van der Waals surface area contributed by atoms with Gasteiger partial charge in [0.05, 0.1) is 0 Å². The van der Waals surface area contributed by atoms with Crippen molar-refractivity contribution in [2.45, 2.75) is 154 Å². The van der Waals surface area contributed by atoms with Crippen LogP contribution in [-0.2, 0) is 13.3 Å². The fourth-order valence-electron chi connectivity index (χ4n) is 4.72. The van der Waals surface area contributed by atoms with Gasteiger partial charge >= 0.3 is 8.80 Å². The topological polar surface area (TPSA) is 27.7 Å². The van der Waals surface area contributed by atoms with Crippen molar-refractivity contribution in [1.82, 2.24) is 0 Å². The Morgan fingerprint density at radius 3 is 0.788 bits per heavy atom. The van der Waals surface area contributed by atoms with Gasteiger partial charge in [0, 0.05) is 27.4 Å². The lowest BCUT2D eigenvalue weighted by Crippen LogP contribution is -2.42. The van der Waals surface area contributed by atoms with Crippen molar-refractivity contribution >= 4 is 21.4 Å². The molecule has 33 heavy (non-hydrogen) atoms. The maximum absolute atomic E-state index is 5.48. The van der Waals surface area contributed by atoms with Gasteiger partial charge in [0.2, 0.25) is 0 Å². The Hall–Kier alpha value is 0.447. The lowest BCUT2D eigenvalue weighted by Gasteiger charge is -2.24. The molecule has 0 aromatic carbocycles. The van der Waals surface area contributed by atoms with Gasteiger partial charge in [-0.3, -0.25) is 0 Å². The van der Waals surface area contributed by atoms with Gasteiger partial charge < -0.3 is 13.3 Å². The van der Waals surface area contributed by atoms with E-state index in [1.165, 1.54) is 141 Å². The summed E-state index contributed by atoms with van der Waals surface area (Å²) < 4.78 is 16.4. The summed E-state index contributed by atoms with van der Waals surface area (Å²) in [6.07, 6.45) is 32.4. The first kappa shape index (κ1) is 33.4. The van der Waals surface area contributed by atoms with Gasteiger partial charge in [0.15, 0.2) is 0 Å². The van der Waals surface area contributed by atoms with Crippen molar-refractivity contribution in [2.75, 3.05) is 27.1 Å². The van der Waals surface area contributed by atoms with Gasteiger partial charge in [-0.2, -0.15) is 12.6 Å². The second-order valence-electron chi connectivity index (χ2n) is 9.90. The zero-order valence-electron chi connectivity index (χ0n) is 22.8. The minimum atomic E-state index is -2.34. The van der Waals surface area contributed by atoms with Gasteiger partial charge in [0.1, 0.15) is 0 Å². The van der Waals surface area contributed by atoms with Crippen molar-refractivity contribution in [1.29, 1.82) is 0 Å². The maximum atomic E-state index is 5.48. The molecule has 0 atom stereocenters. The van der Waals surface area contributed by atoms with Crippen LogP contribution in [0.1, 0.15) is 148 Å². The quantitative estimate of drug-likeness (QED) is 0.0652. The SMILES string of the molecule is CO[Si](CCCCCCCCCCCCCCCCCCCCCCCCCS)(OC)OC. The second kappa shape index (κ2) is 27.0. The smallest absolute Gasteiger partial charge is 0.377 e. The Morgan fingerprint density at radius 1 is 0.364 bits per heavy atom. The molecule has 0 aromatic heterocycles. The van der Waals surface area contributed by atoms with Crippen LogP contribution in [0.5, 0.6) is 0 Å². The van der Waals surface area contributed by atoms with Gasteiger partial charge in [-0.05, 0) is 18.6 Å². The van der Waals surface area contributed by atoms with Crippen molar-refractivity contribution in [3.8, 4) is 0 Å². The summed E-state index contributed by atoms with van der Waals surface area (Å²) in [6, 6.07) is 0.938. The molecule has 0 saturated carbocycles. The molecule has 0 bridgehead atoms. The van der Waals surface area contributed by atoms with Gasteiger partial charge in [-0.1, -0.05) is 135 Å². The highest BCUT2D eigenvalue weighted by atomic mass is 32.1. The average molecular weight is 505 g/mol. The van der Waals surface area contributed by atoms with Crippen molar-refractivity contribution in [2.24, 2.45) is 0 Å². The van der Waals surface area contributed by atoms with Crippen LogP contribution in [0.3, 0.4) is 0 Å². The third kappa shape index (κ3) is 22.6. The average Bonchev–Trinajstić information content (AvgIpc) is 2.84. The summed E-state index contributed by atoms with van der Waals surface area (Å²) in [5, 5.41) is 0. The fraction of sp³-hybridized carbons (Fsp3) is 1.00. The van der Waals surface area contributed by atoms with E-state index in [1.807, 2.05) is 0 Å². The molecular weight excluding hydrogens is 444 g/mol. The van der Waals surface area contributed by atoms with Crippen LogP contribution in [0.15, 0.2) is 0 Å². The maximum Gasteiger partial charge on any atom is 0.500 e. The highest BCUT2D eigenvalue weighted by Crippen LogP contribution is 2.19. The zero-order valence-corrected chi connectivity index (χ0v) is 24.7. The number of unbranched alkanes of at least 4 members (excludes halogenated alkanes) is 22. The minimum Gasteiger partial charge on any atom is -0.377 e. The standard InChI is InChI=1S/C28H60O3SSi/c1-29-33(30-2,31-3)28-26-24-22-20-18-16-14-12-10-8-6-4-5-7-9-11-13-15-17-19-21-23-25-27-32/h32H,4-28H2,1-3H3. The van der Waals surface area contributed by atoms with Crippen LogP contribution in [0.25, 0.3) is 0 Å². The van der Waals surface area contributed by atoms with Crippen molar-refractivity contribution in [3.63, 3.8) is 0 Å². The predicted octanol–water partition coefficient (Wildman–Crippen LogP) is 9.77. The Kier molecular flexibility index (Phi) is 27.4. The molecule has 0 aromatic rings. The normalized spacial score (nSPS) is 12.0. The van der Waals surface area contributed by atoms with E-state index in [0.29, 0.717) is 0 Å². The molecule has 0 amide bonds. The van der Waals surface area contributed by atoms with Crippen molar-refractivity contribution < 1.29 is 13.3 Å². The van der Waals surface area contributed by atoms with Crippen LogP contribution in [0.4, 0.5) is 0 Å². The van der Waals surface area contributed by atoms with E-state index in [-0.39, 0.29) is 0 Å². The molecule has 0 N–H and O–H groups in total. The molecule has 0 heterocycles. The van der Waals surface area contributed by atoms with Crippen molar-refractivity contribution in [3.05, 3.63) is 0 Å². The molecule has 0 aliphatic carbocycles. The zero-order chi connectivity index (χ0) is 24.3. The Balaban J connectivity index is 3.15. The van der Waals surface area contributed by atoms with Gasteiger partial charge in [-0.25, -0.2) is 0 Å². The molecule has 5 heteroatoms. The lowest BCUT2D eigenvalue weighted by molar-refractivity contribution is 0.122. The van der Waals surface area contributed by atoms with E-state index in [1.54, 1.807) is 21.3 Å². The molecule has 200 valence electrons. The van der Waals surface area contributed by atoms with Crippen LogP contribution in [0, 0.1) is 0 Å². The van der Waals surface area contributed by atoms with E-state index in [9.17, 15) is 0 Å². The van der Waals surface area contributed by atoms with Crippen LogP contribution in [-0.4, -0.2) is 35.9 Å². The summed E-state index contributed by atoms with van der Waals surface area (Å²) in [6.45, 7) is 0. The van der Waals surface area contributed by atoms with E-state index in [2.05, 4.69) is 12.6 Å². The summed E-state index contributed by atoms with van der Waals surface area (Å²) in [4.78, 5) is 0. The molecule has 0 rings (SSSR count). The van der Waals surface area contributed by atoms with E-state index in [4.69, 9.17) is 13.3 Å². The first-order valence-corrected chi connectivity index (χ1v) is 17.1. The first-order chi connectivity index (χ1) is 16.2. The van der Waals surface area contributed by atoms with Gasteiger partial charge in [0.25, 0.3) is 0 Å². The van der Waals surface area contributed by atoms with Crippen LogP contribution in [0.2, 0.25) is 6.04 Å². The fourth-order valence-corrected chi connectivity index (χ4v) is 6.74. The third-order valence-electron chi connectivity index (χ3n) is 7.07. The summed E-state index contributed by atoms with van der Waals surface area (Å²) in [5.41, 5.74) is 0. The van der Waals surface area contributed by atoms with Crippen LogP contribution >= 0.6 is 12.6 Å². The van der Waals surface area contributed by atoms with Gasteiger partial charge in [-0.15, -0.1) is 0 Å². The third-order valence-corrected chi connectivity index (χ3v) is 10.2. The molecule has 0 spiro atoms. The molecular formula is C28H60O3SSi. The molecule has 0 aliphatic heterocycles. The summed E-state index contributed by atoms with van der Waals surface area (Å²) in [7, 11) is 2.78. The molecule has 0 fully saturated rings. The Labute approximate surface area is 215 Å². The highest BCUT2D eigenvalue weighted by Gasteiger charge is 2.36. The van der Waals surface area contributed by atoms with E-state index >= 15 is 0 Å². The first-order valence-electron chi connectivity index (χ1n) is 14.5. The number of hydrogen-bond donors (Lipinski definition) is 1. The molecule has 0 saturated heterocycles. The lowest BCUT2D eigenvalue weighted by atomic mass is 10.0. The summed E-state index contributed by atoms with van der Waals surface area (Å²) in [5.74, 6) is 1.06. The molecule has 0 aliphatic rings. The molecule has 0 unspecified atom stereocenters.